The molecule has 0 bridgehead atoms. The average Bonchev–Trinajstić information content (AvgIpc) is 2.15. The van der Waals surface area contributed by atoms with Crippen molar-refractivity contribution in [1.82, 2.24) is 4.98 Å². The van der Waals surface area contributed by atoms with Crippen molar-refractivity contribution in [2.24, 2.45) is 5.73 Å². The molecule has 1 heterocycles. The molecule has 2 N–H and O–H groups in total. The molecular formula is C9H8FN3. The van der Waals surface area contributed by atoms with E-state index < -0.39 is 5.82 Å². The molecule has 4 heteroatoms. The van der Waals surface area contributed by atoms with E-state index in [1.54, 1.807) is 18.2 Å². The SMILES string of the molecule is N#Cc1ncc(C=CCN)cc1F. The van der Waals surface area contributed by atoms with E-state index >= 15 is 0 Å². The summed E-state index contributed by atoms with van der Waals surface area (Å²) in [5.41, 5.74) is 5.63. The molecule has 1 aromatic heterocycles. The van der Waals surface area contributed by atoms with E-state index in [1.807, 2.05) is 0 Å². The third-order valence-electron chi connectivity index (χ3n) is 1.41. The zero-order chi connectivity index (χ0) is 9.68. The lowest BCUT2D eigenvalue weighted by molar-refractivity contribution is 0.616. The number of nitriles is 1. The van der Waals surface area contributed by atoms with Gasteiger partial charge in [-0.2, -0.15) is 5.26 Å². The maximum Gasteiger partial charge on any atom is 0.176 e. The zero-order valence-electron chi connectivity index (χ0n) is 6.87. The number of nitrogens with two attached hydrogens (primary N) is 1. The van der Waals surface area contributed by atoms with Crippen LogP contribution >= 0.6 is 0 Å². The minimum atomic E-state index is -0.610. The maximum absolute atomic E-state index is 12.9. The average molecular weight is 177 g/mol. The molecule has 0 atom stereocenters. The van der Waals surface area contributed by atoms with Crippen molar-refractivity contribution >= 4 is 6.08 Å². The Kier molecular flexibility index (Phi) is 3.12. The number of hydrogen-bond acceptors (Lipinski definition) is 3. The van der Waals surface area contributed by atoms with E-state index in [9.17, 15) is 4.39 Å². The van der Waals surface area contributed by atoms with E-state index in [0.29, 0.717) is 12.1 Å². The molecule has 0 aromatic carbocycles. The van der Waals surface area contributed by atoms with Crippen LogP contribution < -0.4 is 5.73 Å². The highest BCUT2D eigenvalue weighted by Crippen LogP contribution is 2.07. The van der Waals surface area contributed by atoms with Gasteiger partial charge in [-0.3, -0.25) is 0 Å². The predicted molar refractivity (Wildman–Crippen MR) is 47.0 cm³/mol. The Balaban J connectivity index is 2.97. The monoisotopic (exact) mass is 177 g/mol. The van der Waals surface area contributed by atoms with Gasteiger partial charge in [0, 0.05) is 12.7 Å². The van der Waals surface area contributed by atoms with Gasteiger partial charge < -0.3 is 5.73 Å². The minimum absolute atomic E-state index is 0.190. The summed E-state index contributed by atoms with van der Waals surface area (Å²) >= 11 is 0. The van der Waals surface area contributed by atoms with Crippen LogP contribution in [-0.2, 0) is 0 Å². The van der Waals surface area contributed by atoms with E-state index in [0.717, 1.165) is 0 Å². The highest BCUT2D eigenvalue weighted by molar-refractivity contribution is 5.49. The van der Waals surface area contributed by atoms with Gasteiger partial charge >= 0.3 is 0 Å². The van der Waals surface area contributed by atoms with E-state index in [-0.39, 0.29) is 5.69 Å². The van der Waals surface area contributed by atoms with Crippen LogP contribution in [0.25, 0.3) is 6.08 Å². The van der Waals surface area contributed by atoms with Crippen molar-refractivity contribution in [3.05, 3.63) is 35.4 Å². The van der Waals surface area contributed by atoms with Crippen molar-refractivity contribution in [3.8, 4) is 6.07 Å². The summed E-state index contributed by atoms with van der Waals surface area (Å²) in [6.07, 6.45) is 4.76. The predicted octanol–water partition coefficient (Wildman–Crippen LogP) is 1.06. The second kappa shape index (κ2) is 4.33. The van der Waals surface area contributed by atoms with Crippen LogP contribution in [0, 0.1) is 17.1 Å². The summed E-state index contributed by atoms with van der Waals surface area (Å²) in [5, 5.41) is 8.39. The standard InChI is InChI=1S/C9H8FN3/c10-8-4-7(2-1-3-11)6-13-9(8)5-12/h1-2,4,6H,3,11H2. The second-order valence-electron chi connectivity index (χ2n) is 2.35. The van der Waals surface area contributed by atoms with Gasteiger partial charge in [-0.05, 0) is 11.6 Å². The molecule has 66 valence electrons. The van der Waals surface area contributed by atoms with Crippen molar-refractivity contribution in [2.45, 2.75) is 0 Å². The first-order chi connectivity index (χ1) is 6.27. The molecule has 1 rings (SSSR count). The summed E-state index contributed by atoms with van der Waals surface area (Å²) < 4.78 is 12.9. The Hall–Kier alpha value is -1.73. The van der Waals surface area contributed by atoms with E-state index in [1.165, 1.54) is 12.3 Å². The largest absolute Gasteiger partial charge is 0.327 e. The number of halogens is 1. The lowest BCUT2D eigenvalue weighted by Gasteiger charge is -1.94. The number of pyridine rings is 1. The number of aromatic nitrogens is 1. The van der Waals surface area contributed by atoms with Gasteiger partial charge in [0.1, 0.15) is 6.07 Å². The van der Waals surface area contributed by atoms with Gasteiger partial charge in [-0.15, -0.1) is 0 Å². The van der Waals surface area contributed by atoms with Crippen molar-refractivity contribution < 1.29 is 4.39 Å². The first-order valence-electron chi connectivity index (χ1n) is 3.70. The Morgan fingerprint density at radius 1 is 1.69 bits per heavy atom. The molecule has 0 spiro atoms. The molecule has 0 aliphatic rings. The molecule has 3 nitrogen and oxygen atoms in total. The highest BCUT2D eigenvalue weighted by Gasteiger charge is 2.01. The zero-order valence-corrected chi connectivity index (χ0v) is 6.87. The fourth-order valence-corrected chi connectivity index (χ4v) is 0.830. The van der Waals surface area contributed by atoms with Crippen LogP contribution in [0.15, 0.2) is 18.3 Å². The summed E-state index contributed by atoms with van der Waals surface area (Å²) in [6.45, 7) is 0.390. The first kappa shape index (κ1) is 9.36. The van der Waals surface area contributed by atoms with E-state index in [4.69, 9.17) is 11.0 Å². The Morgan fingerprint density at radius 3 is 3.00 bits per heavy atom. The smallest absolute Gasteiger partial charge is 0.176 e. The molecule has 0 saturated carbocycles. The summed E-state index contributed by atoms with van der Waals surface area (Å²) in [6, 6.07) is 2.89. The van der Waals surface area contributed by atoms with Crippen molar-refractivity contribution in [2.75, 3.05) is 6.54 Å². The molecular weight excluding hydrogens is 169 g/mol. The number of nitrogens with zero attached hydrogens (tertiary/aromatic N) is 2. The Morgan fingerprint density at radius 2 is 2.46 bits per heavy atom. The molecule has 0 saturated heterocycles. The minimum Gasteiger partial charge on any atom is -0.327 e. The van der Waals surface area contributed by atoms with Crippen LogP contribution in [0.2, 0.25) is 0 Å². The van der Waals surface area contributed by atoms with Crippen molar-refractivity contribution in [3.63, 3.8) is 0 Å². The number of rotatable bonds is 2. The van der Waals surface area contributed by atoms with Gasteiger partial charge in [-0.25, -0.2) is 9.37 Å². The Bertz CT molecular complexity index is 366. The van der Waals surface area contributed by atoms with E-state index in [2.05, 4.69) is 4.98 Å². The lowest BCUT2D eigenvalue weighted by Crippen LogP contribution is -1.93. The van der Waals surface area contributed by atoms with Gasteiger partial charge in [0.15, 0.2) is 11.5 Å². The third kappa shape index (κ3) is 2.36. The summed E-state index contributed by atoms with van der Waals surface area (Å²) in [5.74, 6) is -0.610. The Labute approximate surface area is 75.3 Å². The second-order valence-corrected chi connectivity index (χ2v) is 2.35. The van der Waals surface area contributed by atoms with Gasteiger partial charge in [0.05, 0.1) is 0 Å². The molecule has 1 aromatic rings. The fraction of sp³-hybridized carbons (Fsp3) is 0.111. The molecule has 0 unspecified atom stereocenters. The van der Waals surface area contributed by atoms with Crippen LogP contribution in [0.1, 0.15) is 11.3 Å². The lowest BCUT2D eigenvalue weighted by atomic mass is 10.2. The topological polar surface area (TPSA) is 62.7 Å². The van der Waals surface area contributed by atoms with Gasteiger partial charge in [0.2, 0.25) is 0 Å². The summed E-state index contributed by atoms with van der Waals surface area (Å²) in [4.78, 5) is 3.62. The summed E-state index contributed by atoms with van der Waals surface area (Å²) in [7, 11) is 0. The normalized spacial score (nSPS) is 10.2. The first-order valence-corrected chi connectivity index (χ1v) is 3.70. The van der Waals surface area contributed by atoms with Gasteiger partial charge in [-0.1, -0.05) is 12.2 Å². The maximum atomic E-state index is 12.9. The third-order valence-corrected chi connectivity index (χ3v) is 1.41. The van der Waals surface area contributed by atoms with Gasteiger partial charge in [0.25, 0.3) is 0 Å². The molecule has 0 amide bonds. The van der Waals surface area contributed by atoms with Crippen molar-refractivity contribution in [1.29, 1.82) is 5.26 Å². The molecule has 0 aliphatic heterocycles. The molecule has 13 heavy (non-hydrogen) atoms. The fourth-order valence-electron chi connectivity index (χ4n) is 0.830. The molecule has 0 radical (unpaired) electrons. The highest BCUT2D eigenvalue weighted by atomic mass is 19.1. The van der Waals surface area contributed by atoms with Crippen LogP contribution in [0.4, 0.5) is 4.39 Å². The molecule has 0 fully saturated rings. The van der Waals surface area contributed by atoms with Crippen LogP contribution in [0.3, 0.4) is 0 Å². The quantitative estimate of drug-likeness (QED) is 0.734. The van der Waals surface area contributed by atoms with Crippen LogP contribution in [-0.4, -0.2) is 11.5 Å². The number of hydrogen-bond donors (Lipinski definition) is 1. The molecule has 0 aliphatic carbocycles. The van der Waals surface area contributed by atoms with Crippen LogP contribution in [0.5, 0.6) is 0 Å².